The first kappa shape index (κ1) is 30.5. The number of ether oxygens (including phenoxy) is 1. The Balaban J connectivity index is 1.73. The summed E-state index contributed by atoms with van der Waals surface area (Å²) in [4.78, 5) is 35.5. The molecule has 0 saturated carbocycles. The zero-order valence-electron chi connectivity index (χ0n) is 23.9. The molecular formula is C31H37N5O3S. The molecule has 0 unspecified atom stereocenters. The average molecular weight is 560 g/mol. The Morgan fingerprint density at radius 3 is 2.45 bits per heavy atom. The van der Waals surface area contributed by atoms with Gasteiger partial charge in [-0.3, -0.25) is 4.79 Å². The summed E-state index contributed by atoms with van der Waals surface area (Å²) in [6, 6.07) is 11.9. The molecule has 0 saturated heterocycles. The Kier molecular flexibility index (Phi) is 10.5. The Labute approximate surface area is 241 Å². The van der Waals surface area contributed by atoms with Gasteiger partial charge in [0, 0.05) is 51.5 Å². The molecule has 2 amide bonds. The van der Waals surface area contributed by atoms with Gasteiger partial charge in [0.05, 0.1) is 21.5 Å². The molecule has 0 spiro atoms. The molecule has 3 rings (SSSR count). The van der Waals surface area contributed by atoms with Crippen LogP contribution in [0.4, 0.5) is 10.5 Å². The second-order valence-electron chi connectivity index (χ2n) is 10.6. The van der Waals surface area contributed by atoms with Crippen molar-refractivity contribution in [2.45, 2.75) is 72.1 Å². The number of carbonyl (C=O) groups is 2. The third-order valence-corrected chi connectivity index (χ3v) is 6.82. The van der Waals surface area contributed by atoms with Gasteiger partial charge in [0.1, 0.15) is 11.4 Å². The van der Waals surface area contributed by atoms with Crippen LogP contribution in [0.1, 0.15) is 74.3 Å². The topological polar surface area (TPSA) is 112 Å². The van der Waals surface area contributed by atoms with E-state index in [1.807, 2.05) is 69.0 Å². The average Bonchev–Trinajstić information content (AvgIpc) is 3.18. The molecule has 0 fully saturated rings. The number of hydrogen-bond donors (Lipinski definition) is 1. The van der Waals surface area contributed by atoms with E-state index < -0.39 is 5.60 Å². The van der Waals surface area contributed by atoms with Crippen LogP contribution in [0.3, 0.4) is 0 Å². The minimum absolute atomic E-state index is 0.0726. The molecule has 0 atom stereocenters. The largest absolute Gasteiger partial charge is 0.444 e. The maximum absolute atomic E-state index is 13.7. The van der Waals surface area contributed by atoms with E-state index in [0.717, 1.165) is 27.3 Å². The zero-order chi connectivity index (χ0) is 29.3. The van der Waals surface area contributed by atoms with Crippen molar-refractivity contribution >= 4 is 40.9 Å². The predicted molar refractivity (Wildman–Crippen MR) is 160 cm³/mol. The molecule has 40 heavy (non-hydrogen) atoms. The number of nitrogens with two attached hydrogens (primary N) is 1. The maximum atomic E-state index is 13.7. The second-order valence-corrected chi connectivity index (χ2v) is 11.7. The van der Waals surface area contributed by atoms with E-state index >= 15 is 0 Å². The number of benzene rings is 1. The van der Waals surface area contributed by atoms with E-state index in [2.05, 4.69) is 22.9 Å². The van der Waals surface area contributed by atoms with Crippen molar-refractivity contribution < 1.29 is 14.3 Å². The first-order valence-corrected chi connectivity index (χ1v) is 14.1. The lowest BCUT2D eigenvalue weighted by atomic mass is 10.1. The highest BCUT2D eigenvalue weighted by atomic mass is 32.1. The number of amides is 2. The van der Waals surface area contributed by atoms with Gasteiger partial charge in [-0.2, -0.15) is 5.26 Å². The molecule has 2 N–H and O–H groups in total. The van der Waals surface area contributed by atoms with Gasteiger partial charge in [-0.15, -0.1) is 11.3 Å². The van der Waals surface area contributed by atoms with Crippen molar-refractivity contribution in [3.8, 4) is 17.9 Å². The third kappa shape index (κ3) is 9.00. The van der Waals surface area contributed by atoms with E-state index in [-0.39, 0.29) is 18.4 Å². The number of amidine groups is 1. The summed E-state index contributed by atoms with van der Waals surface area (Å²) in [5.74, 6) is 6.39. The lowest BCUT2D eigenvalue weighted by Crippen LogP contribution is -2.34. The van der Waals surface area contributed by atoms with E-state index in [4.69, 9.17) is 15.7 Å². The fourth-order valence-corrected chi connectivity index (χ4v) is 4.97. The minimum Gasteiger partial charge on any atom is -0.444 e. The van der Waals surface area contributed by atoms with Gasteiger partial charge < -0.3 is 20.3 Å². The molecule has 1 aromatic carbocycles. The predicted octanol–water partition coefficient (Wildman–Crippen LogP) is 5.98. The molecule has 9 heteroatoms. The van der Waals surface area contributed by atoms with Crippen molar-refractivity contribution in [3.05, 3.63) is 56.8 Å². The second kappa shape index (κ2) is 13.8. The van der Waals surface area contributed by atoms with Gasteiger partial charge in [-0.1, -0.05) is 43.0 Å². The summed E-state index contributed by atoms with van der Waals surface area (Å²) in [5.41, 5.74) is 8.92. The molecule has 0 radical (unpaired) electrons. The maximum Gasteiger partial charge on any atom is 0.410 e. The SMILES string of the molecule is CCCN(Cc1ccc(CN(C)C(=O)OC(C)(C)C)cc1)C(=O)C1=Cc2sc(C#CCCC#N)cc2N=C(N)C1. The molecule has 8 nitrogen and oxygen atoms in total. The van der Waals surface area contributed by atoms with Crippen LogP contribution in [0, 0.1) is 23.2 Å². The zero-order valence-corrected chi connectivity index (χ0v) is 24.7. The fourth-order valence-electron chi connectivity index (χ4n) is 4.03. The highest BCUT2D eigenvalue weighted by Crippen LogP contribution is 2.34. The molecule has 2 heterocycles. The van der Waals surface area contributed by atoms with E-state index in [9.17, 15) is 9.59 Å². The lowest BCUT2D eigenvalue weighted by Gasteiger charge is -2.25. The molecule has 0 aliphatic carbocycles. The Morgan fingerprint density at radius 1 is 1.15 bits per heavy atom. The summed E-state index contributed by atoms with van der Waals surface area (Å²) in [6.45, 7) is 9.05. The summed E-state index contributed by atoms with van der Waals surface area (Å²) < 4.78 is 5.43. The van der Waals surface area contributed by atoms with E-state index in [0.29, 0.717) is 49.6 Å². The van der Waals surface area contributed by atoms with Crippen LogP contribution in [0.15, 0.2) is 40.9 Å². The number of hydrogen-bond acceptors (Lipinski definition) is 7. The van der Waals surface area contributed by atoms with Crippen LogP contribution in [-0.4, -0.2) is 46.8 Å². The van der Waals surface area contributed by atoms with Crippen LogP contribution in [0.5, 0.6) is 0 Å². The van der Waals surface area contributed by atoms with Crippen molar-refractivity contribution in [2.24, 2.45) is 10.7 Å². The van der Waals surface area contributed by atoms with Gasteiger partial charge >= 0.3 is 6.09 Å². The Hall–Kier alpha value is -4.08. The minimum atomic E-state index is -0.548. The lowest BCUT2D eigenvalue weighted by molar-refractivity contribution is -0.127. The molecule has 210 valence electrons. The standard InChI is InChI=1S/C31H37N5O3S/c1-6-16-36(21-23-13-11-22(12-14-23)20-35(5)30(38)39-31(2,3)4)29(37)24-17-27-26(34-28(33)18-24)19-25(40-27)10-8-7-9-15-32/h11-14,17,19H,6-7,9,16,18,20-21H2,1-5H3,(H2,33,34). The first-order chi connectivity index (χ1) is 19.0. The van der Waals surface area contributed by atoms with Crippen molar-refractivity contribution in [1.82, 2.24) is 9.80 Å². The van der Waals surface area contributed by atoms with Crippen LogP contribution in [-0.2, 0) is 22.6 Å². The number of carbonyl (C=O) groups excluding carboxylic acids is 2. The number of nitrogens with zero attached hydrogens (tertiary/aromatic N) is 4. The highest BCUT2D eigenvalue weighted by molar-refractivity contribution is 7.14. The number of fused-ring (bicyclic) bond motifs is 1. The molecular weight excluding hydrogens is 522 g/mol. The molecule has 1 aliphatic heterocycles. The Morgan fingerprint density at radius 2 is 1.82 bits per heavy atom. The first-order valence-electron chi connectivity index (χ1n) is 13.3. The number of nitriles is 1. The normalized spacial score (nSPS) is 12.5. The summed E-state index contributed by atoms with van der Waals surface area (Å²) in [5, 5.41) is 8.70. The van der Waals surface area contributed by atoms with Crippen LogP contribution in [0.2, 0.25) is 0 Å². The van der Waals surface area contributed by atoms with Crippen LogP contribution >= 0.6 is 11.3 Å². The fraction of sp³-hybridized carbons (Fsp3) is 0.419. The van der Waals surface area contributed by atoms with Crippen LogP contribution in [0.25, 0.3) is 6.08 Å². The van der Waals surface area contributed by atoms with E-state index in [1.165, 1.54) is 11.3 Å². The third-order valence-electron chi connectivity index (χ3n) is 5.83. The molecule has 0 bridgehead atoms. The quantitative estimate of drug-likeness (QED) is 0.316. The molecule has 2 aromatic rings. The summed E-state index contributed by atoms with van der Waals surface area (Å²) >= 11 is 1.47. The number of aliphatic imine (C=N–C) groups is 1. The van der Waals surface area contributed by atoms with Gasteiger partial charge in [-0.05, 0) is 50.5 Å². The smallest absolute Gasteiger partial charge is 0.410 e. The van der Waals surface area contributed by atoms with Crippen molar-refractivity contribution in [2.75, 3.05) is 13.6 Å². The number of unbranched alkanes of at least 4 members (excludes halogenated alkanes) is 1. The van der Waals surface area contributed by atoms with Gasteiger partial charge in [0.2, 0.25) is 0 Å². The Bertz CT molecular complexity index is 1380. The molecule has 1 aliphatic rings. The number of rotatable bonds is 8. The van der Waals surface area contributed by atoms with Crippen molar-refractivity contribution in [3.63, 3.8) is 0 Å². The monoisotopic (exact) mass is 559 g/mol. The van der Waals surface area contributed by atoms with Crippen molar-refractivity contribution in [1.29, 1.82) is 5.26 Å². The van der Waals surface area contributed by atoms with Gasteiger partial charge in [0.15, 0.2) is 0 Å². The van der Waals surface area contributed by atoms with E-state index in [1.54, 1.807) is 11.9 Å². The number of thiophene rings is 1. The summed E-state index contributed by atoms with van der Waals surface area (Å²) in [7, 11) is 1.71. The van der Waals surface area contributed by atoms with Crippen LogP contribution < -0.4 is 5.73 Å². The molecule has 1 aromatic heterocycles. The van der Waals surface area contributed by atoms with Gasteiger partial charge in [-0.25, -0.2) is 9.79 Å². The van der Waals surface area contributed by atoms with Gasteiger partial charge in [0.25, 0.3) is 5.91 Å². The highest BCUT2D eigenvalue weighted by Gasteiger charge is 2.23. The summed E-state index contributed by atoms with van der Waals surface area (Å²) in [6.07, 6.45) is 3.50.